The third-order valence-corrected chi connectivity index (χ3v) is 3.32. The fourth-order valence-electron chi connectivity index (χ4n) is 1.66. The van der Waals surface area contributed by atoms with Crippen LogP contribution < -0.4 is 0 Å². The van der Waals surface area contributed by atoms with Crippen molar-refractivity contribution in [2.24, 2.45) is 0 Å². The van der Waals surface area contributed by atoms with Crippen molar-refractivity contribution < 1.29 is 4.39 Å². The molecule has 0 unspecified atom stereocenters. The van der Waals surface area contributed by atoms with Gasteiger partial charge in [0.1, 0.15) is 5.82 Å². The summed E-state index contributed by atoms with van der Waals surface area (Å²) in [5.41, 5.74) is 1.34. The Morgan fingerprint density at radius 2 is 2.00 bits per heavy atom. The van der Waals surface area contributed by atoms with Gasteiger partial charge in [-0.1, -0.05) is 35.3 Å². The summed E-state index contributed by atoms with van der Waals surface area (Å²) in [5, 5.41) is 9.44. The molecule has 2 rings (SSSR count). The van der Waals surface area contributed by atoms with Gasteiger partial charge in [0.05, 0.1) is 28.7 Å². The Hall–Kier alpha value is -1.63. The molecule has 1 aromatic heterocycles. The topological polar surface area (TPSA) is 36.7 Å². The molecular formula is C13H7Cl2FN2. The maximum atomic E-state index is 13.7. The molecule has 0 amide bonds. The van der Waals surface area contributed by atoms with E-state index in [4.69, 9.17) is 28.5 Å². The van der Waals surface area contributed by atoms with Gasteiger partial charge in [0.25, 0.3) is 0 Å². The zero-order chi connectivity index (χ0) is 13.1. The van der Waals surface area contributed by atoms with Gasteiger partial charge in [-0.15, -0.1) is 0 Å². The maximum absolute atomic E-state index is 13.7. The number of rotatable bonds is 2. The molecule has 1 aromatic carbocycles. The second-order valence-corrected chi connectivity index (χ2v) is 4.37. The maximum Gasteiger partial charge on any atom is 0.146 e. The van der Waals surface area contributed by atoms with Gasteiger partial charge in [-0.05, 0) is 6.07 Å². The summed E-state index contributed by atoms with van der Waals surface area (Å²) in [7, 11) is 0. The summed E-state index contributed by atoms with van der Waals surface area (Å²) in [6.07, 6.45) is 2.51. The SMILES string of the molecule is N#CCc1c(F)cncc1-c1cccc(Cl)c1Cl. The molecule has 0 bridgehead atoms. The molecule has 0 radical (unpaired) electrons. The first-order valence-corrected chi connectivity index (χ1v) is 5.84. The van der Waals surface area contributed by atoms with Gasteiger partial charge in [0.2, 0.25) is 0 Å². The van der Waals surface area contributed by atoms with E-state index in [-0.39, 0.29) is 12.0 Å². The van der Waals surface area contributed by atoms with Crippen LogP contribution in [0.3, 0.4) is 0 Å². The van der Waals surface area contributed by atoms with Crippen LogP contribution in [0.15, 0.2) is 30.6 Å². The van der Waals surface area contributed by atoms with Gasteiger partial charge in [0, 0.05) is 22.9 Å². The Morgan fingerprint density at radius 3 is 2.72 bits per heavy atom. The first-order valence-electron chi connectivity index (χ1n) is 5.09. The van der Waals surface area contributed by atoms with Crippen molar-refractivity contribution in [1.82, 2.24) is 4.98 Å². The minimum absolute atomic E-state index is 0.0491. The second-order valence-electron chi connectivity index (χ2n) is 3.58. The van der Waals surface area contributed by atoms with Crippen LogP contribution in [0, 0.1) is 17.1 Å². The van der Waals surface area contributed by atoms with E-state index in [2.05, 4.69) is 4.98 Å². The summed E-state index contributed by atoms with van der Waals surface area (Å²) in [6, 6.07) is 6.99. The molecule has 0 aliphatic rings. The van der Waals surface area contributed by atoms with Crippen molar-refractivity contribution in [3.05, 3.63) is 52.0 Å². The Kier molecular flexibility index (Phi) is 3.81. The quantitative estimate of drug-likeness (QED) is 0.824. The van der Waals surface area contributed by atoms with E-state index in [0.29, 0.717) is 21.2 Å². The molecule has 0 aliphatic heterocycles. The molecule has 5 heteroatoms. The van der Waals surface area contributed by atoms with Crippen molar-refractivity contribution in [3.63, 3.8) is 0 Å². The average Bonchev–Trinajstić information content (AvgIpc) is 2.36. The monoisotopic (exact) mass is 280 g/mol. The lowest BCUT2D eigenvalue weighted by Gasteiger charge is -2.10. The highest BCUT2D eigenvalue weighted by atomic mass is 35.5. The van der Waals surface area contributed by atoms with Crippen molar-refractivity contribution in [2.75, 3.05) is 0 Å². The predicted octanol–water partition coefficient (Wildman–Crippen LogP) is 4.26. The van der Waals surface area contributed by atoms with Crippen LogP contribution in [0.25, 0.3) is 11.1 Å². The second kappa shape index (κ2) is 5.34. The van der Waals surface area contributed by atoms with E-state index < -0.39 is 5.82 Å². The smallest absolute Gasteiger partial charge is 0.146 e. The molecule has 90 valence electrons. The van der Waals surface area contributed by atoms with Crippen LogP contribution in [-0.2, 0) is 6.42 Å². The fourth-order valence-corrected chi connectivity index (χ4v) is 2.07. The van der Waals surface area contributed by atoms with Crippen LogP contribution >= 0.6 is 23.2 Å². The van der Waals surface area contributed by atoms with Gasteiger partial charge in [-0.2, -0.15) is 5.26 Å². The molecule has 1 heterocycles. The van der Waals surface area contributed by atoms with Crippen LogP contribution in [0.2, 0.25) is 10.0 Å². The van der Waals surface area contributed by atoms with Crippen molar-refractivity contribution >= 4 is 23.2 Å². The third-order valence-electron chi connectivity index (χ3n) is 2.50. The normalized spacial score (nSPS) is 10.1. The van der Waals surface area contributed by atoms with Crippen molar-refractivity contribution in [2.45, 2.75) is 6.42 Å². The Bertz CT molecular complexity index is 635. The number of hydrogen-bond acceptors (Lipinski definition) is 2. The van der Waals surface area contributed by atoms with Gasteiger partial charge in [-0.25, -0.2) is 4.39 Å². The molecule has 0 N–H and O–H groups in total. The summed E-state index contributed by atoms with van der Waals surface area (Å²) < 4.78 is 13.7. The highest BCUT2D eigenvalue weighted by Crippen LogP contribution is 2.35. The molecule has 0 aliphatic carbocycles. The van der Waals surface area contributed by atoms with Crippen LogP contribution in [-0.4, -0.2) is 4.98 Å². The van der Waals surface area contributed by atoms with E-state index in [9.17, 15) is 4.39 Å². The van der Waals surface area contributed by atoms with E-state index in [1.165, 1.54) is 6.20 Å². The Labute approximate surface area is 114 Å². The average molecular weight is 281 g/mol. The minimum atomic E-state index is -0.523. The number of benzene rings is 1. The minimum Gasteiger partial charge on any atom is -0.261 e. The molecule has 18 heavy (non-hydrogen) atoms. The van der Waals surface area contributed by atoms with E-state index >= 15 is 0 Å². The van der Waals surface area contributed by atoms with E-state index in [0.717, 1.165) is 6.20 Å². The summed E-state index contributed by atoms with van der Waals surface area (Å²) in [4.78, 5) is 3.79. The third kappa shape index (κ3) is 2.31. The highest BCUT2D eigenvalue weighted by Gasteiger charge is 2.14. The van der Waals surface area contributed by atoms with Crippen LogP contribution in [0.1, 0.15) is 5.56 Å². The standard InChI is InChI=1S/C13H7Cl2FN2/c14-11-3-1-2-9(13(11)15)10-6-18-7-12(16)8(10)4-5-17/h1-3,6-7H,4H2. The first kappa shape index (κ1) is 12.8. The lowest BCUT2D eigenvalue weighted by atomic mass is 10.00. The van der Waals surface area contributed by atoms with Gasteiger partial charge < -0.3 is 0 Å². The molecular weight excluding hydrogens is 274 g/mol. The van der Waals surface area contributed by atoms with Crippen molar-refractivity contribution in [1.29, 1.82) is 5.26 Å². The number of aromatic nitrogens is 1. The van der Waals surface area contributed by atoms with Crippen molar-refractivity contribution in [3.8, 4) is 17.2 Å². The number of nitrogens with zero attached hydrogens (tertiary/aromatic N) is 2. The zero-order valence-electron chi connectivity index (χ0n) is 9.12. The molecule has 2 aromatic rings. The first-order chi connectivity index (χ1) is 8.65. The molecule has 0 saturated carbocycles. The number of hydrogen-bond donors (Lipinski definition) is 0. The number of halogens is 3. The molecule has 2 nitrogen and oxygen atoms in total. The van der Waals surface area contributed by atoms with Gasteiger partial charge in [0.15, 0.2) is 0 Å². The lowest BCUT2D eigenvalue weighted by Crippen LogP contribution is -1.96. The Balaban J connectivity index is 2.68. The molecule has 0 atom stereocenters. The summed E-state index contributed by atoms with van der Waals surface area (Å²) in [6.45, 7) is 0. The van der Waals surface area contributed by atoms with E-state index in [1.807, 2.05) is 6.07 Å². The number of pyridine rings is 1. The molecule has 0 spiro atoms. The van der Waals surface area contributed by atoms with Crippen LogP contribution in [0.5, 0.6) is 0 Å². The number of nitriles is 1. The molecule has 0 fully saturated rings. The highest BCUT2D eigenvalue weighted by molar-refractivity contribution is 6.43. The largest absolute Gasteiger partial charge is 0.261 e. The van der Waals surface area contributed by atoms with E-state index in [1.54, 1.807) is 18.2 Å². The Morgan fingerprint density at radius 1 is 1.22 bits per heavy atom. The predicted molar refractivity (Wildman–Crippen MR) is 69.0 cm³/mol. The molecule has 0 saturated heterocycles. The zero-order valence-corrected chi connectivity index (χ0v) is 10.6. The van der Waals surface area contributed by atoms with Crippen LogP contribution in [0.4, 0.5) is 4.39 Å². The summed E-state index contributed by atoms with van der Waals surface area (Å²) >= 11 is 12.0. The van der Waals surface area contributed by atoms with Gasteiger partial charge in [-0.3, -0.25) is 4.98 Å². The lowest BCUT2D eigenvalue weighted by molar-refractivity contribution is 0.609. The summed E-state index contributed by atoms with van der Waals surface area (Å²) in [5.74, 6) is -0.523. The van der Waals surface area contributed by atoms with Gasteiger partial charge >= 0.3 is 0 Å². The fraction of sp³-hybridized carbons (Fsp3) is 0.0769.